The van der Waals surface area contributed by atoms with E-state index in [2.05, 4.69) is 5.32 Å². The monoisotopic (exact) mass is 432 g/mol. The number of nitriles is 1. The molecule has 1 aliphatic carbocycles. The smallest absolute Gasteiger partial charge is 0.417 e. The van der Waals surface area contributed by atoms with Gasteiger partial charge in [-0.25, -0.2) is 0 Å². The van der Waals surface area contributed by atoms with Crippen LogP contribution in [0.25, 0.3) is 0 Å². The number of aliphatic hydroxyl groups is 1. The Morgan fingerprint density at radius 3 is 2.55 bits per heavy atom. The number of amides is 1. The van der Waals surface area contributed by atoms with E-state index in [1.807, 2.05) is 0 Å². The lowest BCUT2D eigenvalue weighted by Gasteiger charge is -2.33. The van der Waals surface area contributed by atoms with Crippen LogP contribution in [0, 0.1) is 17.2 Å². The standard InChI is InChI=1S/C23H23F3N2O3/c1-31-19-8-4-5-15(11-19)13-22(30,17-6-2-3-7-17)21(29)28-18-10-9-16(14-27)20(12-18)23(24,25)26/h4-5,8-12,17,30H,2-3,6-7,13H2,1H3,(H,28,29). The molecule has 0 aliphatic heterocycles. The van der Waals surface area contributed by atoms with Crippen molar-refractivity contribution in [2.24, 2.45) is 5.92 Å². The minimum Gasteiger partial charge on any atom is -0.497 e. The van der Waals surface area contributed by atoms with Crippen molar-refractivity contribution < 1.29 is 27.8 Å². The second-order valence-corrected chi connectivity index (χ2v) is 7.76. The highest BCUT2D eigenvalue weighted by atomic mass is 19.4. The van der Waals surface area contributed by atoms with Gasteiger partial charge < -0.3 is 15.2 Å². The lowest BCUT2D eigenvalue weighted by Crippen LogP contribution is -2.50. The molecule has 0 heterocycles. The summed E-state index contributed by atoms with van der Waals surface area (Å²) < 4.78 is 45.0. The average Bonchev–Trinajstić information content (AvgIpc) is 3.28. The third-order valence-electron chi connectivity index (χ3n) is 5.73. The Hall–Kier alpha value is -3.05. The van der Waals surface area contributed by atoms with E-state index >= 15 is 0 Å². The van der Waals surface area contributed by atoms with Gasteiger partial charge in [-0.15, -0.1) is 0 Å². The molecule has 0 bridgehead atoms. The number of nitrogens with zero attached hydrogens (tertiary/aromatic N) is 1. The summed E-state index contributed by atoms with van der Waals surface area (Å²) in [5.41, 5.74) is -2.91. The molecule has 1 atom stereocenters. The van der Waals surface area contributed by atoms with Crippen molar-refractivity contribution in [2.75, 3.05) is 12.4 Å². The lowest BCUT2D eigenvalue weighted by atomic mass is 9.80. The van der Waals surface area contributed by atoms with Gasteiger partial charge in [0.25, 0.3) is 5.91 Å². The Kier molecular flexibility index (Phi) is 6.56. The second kappa shape index (κ2) is 8.98. The zero-order valence-corrected chi connectivity index (χ0v) is 17.0. The molecule has 1 amide bonds. The van der Waals surface area contributed by atoms with Gasteiger partial charge in [-0.05, 0) is 54.7 Å². The van der Waals surface area contributed by atoms with E-state index in [1.54, 1.807) is 24.3 Å². The third kappa shape index (κ3) is 5.00. The predicted octanol–water partition coefficient (Wildman–Crippen LogP) is 4.69. The fourth-order valence-electron chi connectivity index (χ4n) is 4.10. The molecule has 2 N–H and O–H groups in total. The van der Waals surface area contributed by atoms with Gasteiger partial charge >= 0.3 is 6.18 Å². The van der Waals surface area contributed by atoms with Crippen LogP contribution in [-0.2, 0) is 17.4 Å². The number of rotatable bonds is 6. The van der Waals surface area contributed by atoms with Crippen LogP contribution in [0.2, 0.25) is 0 Å². The van der Waals surface area contributed by atoms with E-state index < -0.39 is 28.8 Å². The first kappa shape index (κ1) is 22.6. The van der Waals surface area contributed by atoms with Crippen molar-refractivity contribution in [2.45, 2.75) is 43.9 Å². The molecule has 1 saturated carbocycles. The van der Waals surface area contributed by atoms with Crippen LogP contribution in [-0.4, -0.2) is 23.7 Å². The molecule has 0 aromatic heterocycles. The number of methoxy groups -OCH3 is 1. The van der Waals surface area contributed by atoms with Gasteiger partial charge in [0.2, 0.25) is 0 Å². The van der Waals surface area contributed by atoms with Crippen LogP contribution in [0.5, 0.6) is 5.75 Å². The lowest BCUT2D eigenvalue weighted by molar-refractivity contribution is -0.140. The van der Waals surface area contributed by atoms with Crippen molar-refractivity contribution >= 4 is 11.6 Å². The Balaban J connectivity index is 1.91. The van der Waals surface area contributed by atoms with Gasteiger partial charge in [0.1, 0.15) is 11.4 Å². The largest absolute Gasteiger partial charge is 0.497 e. The minimum absolute atomic E-state index is 0.00308. The van der Waals surface area contributed by atoms with Crippen molar-refractivity contribution in [3.05, 3.63) is 59.2 Å². The molecular formula is C23H23F3N2O3. The zero-order valence-electron chi connectivity index (χ0n) is 17.0. The Labute approximate surface area is 178 Å². The minimum atomic E-state index is -4.74. The summed E-state index contributed by atoms with van der Waals surface area (Å²) in [4.78, 5) is 13.2. The first-order chi connectivity index (χ1) is 14.7. The van der Waals surface area contributed by atoms with Crippen LogP contribution in [0.1, 0.15) is 42.4 Å². The molecule has 0 saturated heterocycles. The predicted molar refractivity (Wildman–Crippen MR) is 108 cm³/mol. The van der Waals surface area contributed by atoms with Crippen LogP contribution in [0.15, 0.2) is 42.5 Å². The summed E-state index contributed by atoms with van der Waals surface area (Å²) in [5.74, 6) is -0.507. The topological polar surface area (TPSA) is 82.3 Å². The fourth-order valence-corrected chi connectivity index (χ4v) is 4.10. The first-order valence-electron chi connectivity index (χ1n) is 9.95. The average molecular weight is 432 g/mol. The zero-order chi connectivity index (χ0) is 22.6. The number of hydrogen-bond acceptors (Lipinski definition) is 4. The Morgan fingerprint density at radius 2 is 1.94 bits per heavy atom. The van der Waals surface area contributed by atoms with Crippen molar-refractivity contribution in [3.8, 4) is 11.8 Å². The molecule has 8 heteroatoms. The number of benzene rings is 2. The van der Waals surface area contributed by atoms with E-state index in [0.717, 1.165) is 25.0 Å². The van der Waals surface area contributed by atoms with Crippen molar-refractivity contribution in [1.29, 1.82) is 5.26 Å². The fraction of sp³-hybridized carbons (Fsp3) is 0.391. The number of anilines is 1. The number of halogens is 3. The number of ether oxygens (including phenoxy) is 1. The summed E-state index contributed by atoms with van der Waals surface area (Å²) in [6.07, 6.45) is -1.71. The third-order valence-corrected chi connectivity index (χ3v) is 5.73. The summed E-state index contributed by atoms with van der Waals surface area (Å²) in [5, 5.41) is 22.8. The summed E-state index contributed by atoms with van der Waals surface area (Å²) in [6, 6.07) is 11.4. The molecule has 2 aromatic carbocycles. The van der Waals surface area contributed by atoms with E-state index in [1.165, 1.54) is 19.2 Å². The highest BCUT2D eigenvalue weighted by Crippen LogP contribution is 2.38. The van der Waals surface area contributed by atoms with Gasteiger partial charge in [-0.3, -0.25) is 4.79 Å². The SMILES string of the molecule is COc1cccc(CC(O)(C(=O)Nc2ccc(C#N)c(C(F)(F)F)c2)C2CCCC2)c1. The summed E-state index contributed by atoms with van der Waals surface area (Å²) >= 11 is 0. The number of nitrogens with one attached hydrogen (secondary N) is 1. The molecule has 5 nitrogen and oxygen atoms in total. The molecule has 1 unspecified atom stereocenters. The van der Waals surface area contributed by atoms with Gasteiger partial charge in [0.05, 0.1) is 24.3 Å². The van der Waals surface area contributed by atoms with Gasteiger partial charge in [-0.1, -0.05) is 25.0 Å². The highest BCUT2D eigenvalue weighted by Gasteiger charge is 2.45. The molecule has 3 rings (SSSR count). The molecule has 0 radical (unpaired) electrons. The molecule has 0 spiro atoms. The Morgan fingerprint density at radius 1 is 1.23 bits per heavy atom. The maximum Gasteiger partial charge on any atom is 0.417 e. The normalized spacial score (nSPS) is 16.4. The molecule has 1 aliphatic rings. The van der Waals surface area contributed by atoms with Gasteiger partial charge in [0.15, 0.2) is 0 Å². The summed E-state index contributed by atoms with van der Waals surface area (Å²) in [7, 11) is 1.51. The molecule has 1 fully saturated rings. The number of carbonyl (C=O) groups is 1. The molecule has 31 heavy (non-hydrogen) atoms. The highest BCUT2D eigenvalue weighted by molar-refractivity contribution is 5.97. The van der Waals surface area contributed by atoms with Gasteiger partial charge in [0, 0.05) is 12.1 Å². The van der Waals surface area contributed by atoms with E-state index in [0.29, 0.717) is 24.2 Å². The molecule has 164 valence electrons. The Bertz CT molecular complexity index is 994. The number of carbonyl (C=O) groups excluding carboxylic acids is 1. The first-order valence-corrected chi connectivity index (χ1v) is 9.95. The maximum atomic E-state index is 13.3. The van der Waals surface area contributed by atoms with E-state index in [-0.39, 0.29) is 18.0 Å². The molecular weight excluding hydrogens is 409 g/mol. The number of alkyl halides is 3. The van der Waals surface area contributed by atoms with Crippen molar-refractivity contribution in [1.82, 2.24) is 0 Å². The second-order valence-electron chi connectivity index (χ2n) is 7.76. The number of hydrogen-bond donors (Lipinski definition) is 2. The molecule has 2 aromatic rings. The summed E-state index contributed by atoms with van der Waals surface area (Å²) in [6.45, 7) is 0. The van der Waals surface area contributed by atoms with Gasteiger partial charge in [-0.2, -0.15) is 18.4 Å². The quantitative estimate of drug-likeness (QED) is 0.694. The van der Waals surface area contributed by atoms with Crippen LogP contribution >= 0.6 is 0 Å². The van der Waals surface area contributed by atoms with E-state index in [9.17, 15) is 23.1 Å². The van der Waals surface area contributed by atoms with Crippen LogP contribution < -0.4 is 10.1 Å². The van der Waals surface area contributed by atoms with E-state index in [4.69, 9.17) is 10.00 Å². The van der Waals surface area contributed by atoms with Crippen LogP contribution in [0.4, 0.5) is 18.9 Å². The maximum absolute atomic E-state index is 13.3. The van der Waals surface area contributed by atoms with Crippen LogP contribution in [0.3, 0.4) is 0 Å². The van der Waals surface area contributed by atoms with Crippen molar-refractivity contribution in [3.63, 3.8) is 0 Å².